The van der Waals surface area contributed by atoms with Crippen LogP contribution >= 0.6 is 7.92 Å². The van der Waals surface area contributed by atoms with E-state index in [1.54, 1.807) is 6.26 Å². The maximum absolute atomic E-state index is 10.1. The molecule has 0 aliphatic heterocycles. The van der Waals surface area contributed by atoms with Crippen LogP contribution < -0.4 is 40.3 Å². The van der Waals surface area contributed by atoms with Crippen molar-refractivity contribution in [1.29, 1.82) is 0 Å². The number of benzene rings is 5. The fourth-order valence-corrected chi connectivity index (χ4v) is 6.77. The molecule has 0 aliphatic carbocycles. The van der Waals surface area contributed by atoms with Crippen molar-refractivity contribution in [3.63, 3.8) is 0 Å². The molecule has 0 bridgehead atoms. The van der Waals surface area contributed by atoms with Crippen LogP contribution in [0.3, 0.4) is 0 Å². The molecule has 7 nitrogen and oxygen atoms in total. The molecule has 0 spiro atoms. The van der Waals surface area contributed by atoms with E-state index in [2.05, 4.69) is 153 Å². The van der Waals surface area contributed by atoms with Gasteiger partial charge in [0.1, 0.15) is 0 Å². The Morgan fingerprint density at radius 1 is 0.761 bits per heavy atom. The number of rotatable bonds is 7. The van der Waals surface area contributed by atoms with Crippen LogP contribution in [-0.2, 0) is 31.2 Å². The van der Waals surface area contributed by atoms with Crippen LogP contribution in [-0.4, -0.2) is 41.8 Å². The Balaban J connectivity index is 0.000000349. The molecule has 0 amide bonds. The molecule has 2 N–H and O–H groups in total. The third-order valence-electron chi connectivity index (χ3n) is 6.39. The monoisotopic (exact) mass is 772 g/mol. The van der Waals surface area contributed by atoms with E-state index in [4.69, 9.17) is 24.4 Å². The molecule has 5 rings (SSSR count). The van der Waals surface area contributed by atoms with Crippen LogP contribution in [0.15, 0.2) is 127 Å². The van der Waals surface area contributed by atoms with Crippen molar-refractivity contribution >= 4 is 45.4 Å². The summed E-state index contributed by atoms with van der Waals surface area (Å²) in [6, 6.07) is 48.7. The normalized spacial score (nSPS) is 11.9. The molecule has 0 fully saturated rings. The topological polar surface area (TPSA) is 139 Å². The summed E-state index contributed by atoms with van der Waals surface area (Å²) in [5.41, 5.74) is 6.31. The molecule has 5 aromatic rings. The minimum Gasteiger partial charge on any atom is -0.330 e. The molecule has 0 aliphatic rings. The number of nitrogens with zero attached hydrogens (tertiary/aromatic N) is 1. The van der Waals surface area contributed by atoms with E-state index >= 15 is 0 Å². The average Bonchev–Trinajstić information content (AvgIpc) is 3.02. The zero-order chi connectivity index (χ0) is 33.2. The summed E-state index contributed by atoms with van der Waals surface area (Å²) < 4.78 is 44.0. The summed E-state index contributed by atoms with van der Waals surface area (Å²) in [4.78, 5) is 2.21. The van der Waals surface area contributed by atoms with Gasteiger partial charge in [-0.1, -0.05) is 109 Å². The second-order valence-electron chi connectivity index (χ2n) is 9.90. The molecule has 11 heteroatoms. The number of fused-ring (bicyclic) bond motifs is 1. The molecular formula is C35H40ClN2O5PPdS. The Labute approximate surface area is 292 Å². The second-order valence-corrected chi connectivity index (χ2v) is 14.4. The van der Waals surface area contributed by atoms with Gasteiger partial charge in [0.15, 0.2) is 0 Å². The molecule has 0 saturated heterocycles. The Hall–Kier alpha value is -2.35. The first-order valence-corrected chi connectivity index (χ1v) is 18.4. The average molecular weight is 774 g/mol. The largest absolute Gasteiger partial charge is 2.00 e. The van der Waals surface area contributed by atoms with Gasteiger partial charge < -0.3 is 10.6 Å². The molecule has 0 radical (unpaired) electrons. The zero-order valence-electron chi connectivity index (χ0n) is 26.2. The van der Waals surface area contributed by atoms with Gasteiger partial charge in [0, 0.05) is 35.4 Å². The summed E-state index contributed by atoms with van der Waals surface area (Å²) in [6.07, 6.45) is 1.65. The quantitative estimate of drug-likeness (QED) is 0.150. The molecular weight excluding hydrogens is 733 g/mol. The van der Waals surface area contributed by atoms with Gasteiger partial charge in [-0.3, -0.25) is 4.21 Å². The van der Waals surface area contributed by atoms with Crippen LogP contribution in [0.2, 0.25) is 0 Å². The van der Waals surface area contributed by atoms with Gasteiger partial charge in [0.25, 0.3) is 0 Å². The van der Waals surface area contributed by atoms with E-state index in [-0.39, 0.29) is 20.4 Å². The first-order chi connectivity index (χ1) is 21.4. The molecule has 0 heterocycles. The van der Waals surface area contributed by atoms with E-state index in [9.17, 15) is 4.21 Å². The van der Waals surface area contributed by atoms with E-state index in [1.165, 1.54) is 32.2 Å². The molecule has 2 atom stereocenters. The molecule has 248 valence electrons. The predicted octanol–water partition coefficient (Wildman–Crippen LogP) is 1.27. The number of nitrogens with two attached hydrogens (primary N) is 1. The molecule has 0 aromatic heterocycles. The van der Waals surface area contributed by atoms with E-state index in [0.29, 0.717) is 18.3 Å². The fourth-order valence-electron chi connectivity index (χ4n) is 4.13. The standard InChI is InChI=1S/C18H15P.C14H16N.C3H9NOS.ClHO4.Pd/c1-4-10-16(11-5-1)19(17-12-6-2-7-13-17)18-14-8-3-9-15-18;1-11(15(2)3)13-10-6-8-12-7-4-5-9-14(12)13;1-6(5)3-2-4;2-1(3,4)5;/h1-15H;4-9,11H,1-3H3;2-4H2,1H3;(H,2,3,4,5);/q;-1;;;+2/p-1/t;11-;6-;;/m.10../s1. The van der Waals surface area contributed by atoms with Gasteiger partial charge in [-0.2, -0.15) is 18.2 Å². The summed E-state index contributed by atoms with van der Waals surface area (Å²) in [5, 5.41) is 6.79. The summed E-state index contributed by atoms with van der Waals surface area (Å²) in [7, 11) is -1.89. The Morgan fingerprint density at radius 2 is 1.15 bits per heavy atom. The van der Waals surface area contributed by atoms with Crippen molar-refractivity contribution in [3.8, 4) is 0 Å². The van der Waals surface area contributed by atoms with Gasteiger partial charge in [0.2, 0.25) is 0 Å². The predicted molar refractivity (Wildman–Crippen MR) is 178 cm³/mol. The first kappa shape index (κ1) is 41.7. The SMILES string of the molecule is C[C@H](c1[c-]ccc2ccccc12)N(C)C.C[S@](=O)CCN.[O-][Cl+3]([O-])([O-])[O-].[Pd+2].c1ccc(P(c2ccccc2)c2ccccc2)cc1. The third-order valence-corrected chi connectivity index (χ3v) is 9.65. The van der Waals surface area contributed by atoms with Crippen molar-refractivity contribution < 1.29 is 53.5 Å². The van der Waals surface area contributed by atoms with Gasteiger partial charge in [0.05, 0.1) is 0 Å². The smallest absolute Gasteiger partial charge is 0.330 e. The van der Waals surface area contributed by atoms with Crippen LogP contribution in [0.25, 0.3) is 10.8 Å². The minimum absolute atomic E-state index is 0. The van der Waals surface area contributed by atoms with Crippen molar-refractivity contribution in [2.45, 2.75) is 13.0 Å². The van der Waals surface area contributed by atoms with E-state index in [0.717, 1.165) is 0 Å². The number of halogens is 1. The Morgan fingerprint density at radius 3 is 1.50 bits per heavy atom. The van der Waals surface area contributed by atoms with Crippen LogP contribution in [0.5, 0.6) is 0 Å². The fraction of sp³-hybridized carbons (Fsp3) is 0.200. The van der Waals surface area contributed by atoms with Crippen molar-refractivity contribution in [1.82, 2.24) is 4.90 Å². The number of hydrogen-bond acceptors (Lipinski definition) is 7. The van der Waals surface area contributed by atoms with Crippen LogP contribution in [0.4, 0.5) is 0 Å². The van der Waals surface area contributed by atoms with Gasteiger partial charge in [-0.25, -0.2) is 18.6 Å². The van der Waals surface area contributed by atoms with Crippen molar-refractivity contribution in [3.05, 3.63) is 139 Å². The minimum atomic E-state index is -4.94. The summed E-state index contributed by atoms with van der Waals surface area (Å²) in [6.45, 7) is 2.74. The Bertz CT molecular complexity index is 1440. The molecule has 5 aromatic carbocycles. The third kappa shape index (κ3) is 16.0. The molecule has 0 unspecified atom stereocenters. The number of hydrogen-bond donors (Lipinski definition) is 1. The zero-order valence-corrected chi connectivity index (χ0v) is 30.3. The maximum atomic E-state index is 10.1. The van der Waals surface area contributed by atoms with E-state index < -0.39 is 29.0 Å². The molecule has 0 saturated carbocycles. The van der Waals surface area contributed by atoms with Gasteiger partial charge >= 0.3 is 20.4 Å². The van der Waals surface area contributed by atoms with Gasteiger partial charge in [-0.05, 0) is 44.9 Å². The van der Waals surface area contributed by atoms with Crippen LogP contribution in [0.1, 0.15) is 18.5 Å². The van der Waals surface area contributed by atoms with Crippen molar-refractivity contribution in [2.24, 2.45) is 5.73 Å². The maximum Gasteiger partial charge on any atom is 2.00 e. The second kappa shape index (κ2) is 22.3. The summed E-state index contributed by atoms with van der Waals surface area (Å²) >= 11 is 0. The summed E-state index contributed by atoms with van der Waals surface area (Å²) in [5.74, 6) is 0.625. The Kier molecular flexibility index (Phi) is 20.2. The van der Waals surface area contributed by atoms with Gasteiger partial charge in [-0.15, -0.1) is 32.6 Å². The van der Waals surface area contributed by atoms with E-state index in [1.807, 2.05) is 6.07 Å². The van der Waals surface area contributed by atoms with Crippen molar-refractivity contribution in [2.75, 3.05) is 32.6 Å². The first-order valence-electron chi connectivity index (χ1n) is 14.0. The molecule has 46 heavy (non-hydrogen) atoms. The van der Waals surface area contributed by atoms with Crippen LogP contribution in [0, 0.1) is 16.3 Å².